The summed E-state index contributed by atoms with van der Waals surface area (Å²) in [6.07, 6.45) is -0.798. The molecule has 0 unspecified atom stereocenters. The molecule has 1 atom stereocenters. The molecule has 0 saturated heterocycles. The zero-order chi connectivity index (χ0) is 16.7. The van der Waals surface area contributed by atoms with Crippen molar-refractivity contribution < 1.29 is 19.1 Å². The van der Waals surface area contributed by atoms with Crippen LogP contribution in [0.15, 0.2) is 59.1 Å². The molecule has 1 amide bonds. The average molecular weight is 378 g/mol. The third-order valence-electron chi connectivity index (χ3n) is 2.88. The largest absolute Gasteiger partial charge is 0.479 e. The third-order valence-corrected chi connectivity index (χ3v) is 3.57. The van der Waals surface area contributed by atoms with Crippen molar-refractivity contribution in [3.63, 3.8) is 0 Å². The van der Waals surface area contributed by atoms with Crippen molar-refractivity contribution in [3.8, 4) is 5.75 Å². The SMILES string of the molecule is C[C@H](Oc1ccccc1)C(=O)OCC(=O)Nc1ccccc1Br. The van der Waals surface area contributed by atoms with Gasteiger partial charge in [-0.25, -0.2) is 4.79 Å². The quantitative estimate of drug-likeness (QED) is 0.783. The second-order valence-corrected chi connectivity index (χ2v) is 5.56. The van der Waals surface area contributed by atoms with Gasteiger partial charge in [-0.3, -0.25) is 4.79 Å². The van der Waals surface area contributed by atoms with Gasteiger partial charge in [-0.1, -0.05) is 30.3 Å². The fraction of sp³-hybridized carbons (Fsp3) is 0.176. The number of benzene rings is 2. The minimum absolute atomic E-state index is 0.372. The highest BCUT2D eigenvalue weighted by atomic mass is 79.9. The van der Waals surface area contributed by atoms with Crippen molar-refractivity contribution in [2.24, 2.45) is 0 Å². The van der Waals surface area contributed by atoms with E-state index in [0.29, 0.717) is 11.4 Å². The molecular formula is C17H16BrNO4. The molecule has 0 aliphatic carbocycles. The summed E-state index contributed by atoms with van der Waals surface area (Å²) >= 11 is 3.32. The number of para-hydroxylation sites is 2. The Morgan fingerprint density at radius 3 is 2.43 bits per heavy atom. The number of amides is 1. The molecule has 0 fully saturated rings. The number of nitrogens with one attached hydrogen (secondary N) is 1. The molecule has 0 heterocycles. The molecule has 2 aromatic carbocycles. The van der Waals surface area contributed by atoms with Gasteiger partial charge < -0.3 is 14.8 Å². The van der Waals surface area contributed by atoms with Gasteiger partial charge in [-0.15, -0.1) is 0 Å². The molecule has 0 saturated carbocycles. The number of rotatable bonds is 6. The molecule has 0 radical (unpaired) electrons. The van der Waals surface area contributed by atoms with Crippen LogP contribution in [0, 0.1) is 0 Å². The van der Waals surface area contributed by atoms with Crippen LogP contribution in [0.1, 0.15) is 6.92 Å². The lowest BCUT2D eigenvalue weighted by atomic mass is 10.3. The van der Waals surface area contributed by atoms with Gasteiger partial charge in [0, 0.05) is 4.47 Å². The summed E-state index contributed by atoms with van der Waals surface area (Å²) < 4.78 is 11.1. The van der Waals surface area contributed by atoms with Gasteiger partial charge >= 0.3 is 5.97 Å². The monoisotopic (exact) mass is 377 g/mol. The maximum Gasteiger partial charge on any atom is 0.347 e. The predicted molar refractivity (Wildman–Crippen MR) is 90.3 cm³/mol. The highest BCUT2D eigenvalue weighted by molar-refractivity contribution is 9.10. The summed E-state index contributed by atoms with van der Waals surface area (Å²) in [5, 5.41) is 2.65. The Balaban J connectivity index is 1.79. The number of carbonyl (C=O) groups excluding carboxylic acids is 2. The summed E-state index contributed by atoms with van der Waals surface area (Å²) in [6, 6.07) is 16.1. The maximum atomic E-state index is 11.8. The Morgan fingerprint density at radius 1 is 1.09 bits per heavy atom. The van der Waals surface area contributed by atoms with Crippen LogP contribution in [0.4, 0.5) is 5.69 Å². The van der Waals surface area contributed by atoms with Gasteiger partial charge in [-0.2, -0.15) is 0 Å². The van der Waals surface area contributed by atoms with Crippen molar-refractivity contribution >= 4 is 33.5 Å². The Labute approximate surface area is 142 Å². The van der Waals surface area contributed by atoms with Gasteiger partial charge in [0.05, 0.1) is 5.69 Å². The van der Waals surface area contributed by atoms with Crippen molar-refractivity contribution in [3.05, 3.63) is 59.1 Å². The molecule has 5 nitrogen and oxygen atoms in total. The van der Waals surface area contributed by atoms with E-state index in [1.807, 2.05) is 12.1 Å². The van der Waals surface area contributed by atoms with E-state index in [4.69, 9.17) is 9.47 Å². The molecule has 23 heavy (non-hydrogen) atoms. The topological polar surface area (TPSA) is 64.6 Å². The lowest BCUT2D eigenvalue weighted by Crippen LogP contribution is -2.29. The third kappa shape index (κ3) is 5.41. The molecule has 0 aliphatic rings. The Kier molecular flexibility index (Phi) is 6.17. The molecular weight excluding hydrogens is 362 g/mol. The molecule has 6 heteroatoms. The number of hydrogen-bond acceptors (Lipinski definition) is 4. The number of anilines is 1. The van der Waals surface area contributed by atoms with E-state index in [1.165, 1.54) is 0 Å². The smallest absolute Gasteiger partial charge is 0.347 e. The first-order valence-corrected chi connectivity index (χ1v) is 7.78. The number of hydrogen-bond donors (Lipinski definition) is 1. The first-order valence-electron chi connectivity index (χ1n) is 6.99. The second kappa shape index (κ2) is 8.33. The van der Waals surface area contributed by atoms with Crippen molar-refractivity contribution in [2.45, 2.75) is 13.0 Å². The molecule has 0 bridgehead atoms. The van der Waals surface area contributed by atoms with E-state index in [-0.39, 0.29) is 6.61 Å². The zero-order valence-corrected chi connectivity index (χ0v) is 14.1. The van der Waals surface area contributed by atoms with E-state index < -0.39 is 18.0 Å². The second-order valence-electron chi connectivity index (χ2n) is 4.71. The van der Waals surface area contributed by atoms with Gasteiger partial charge in [0.15, 0.2) is 12.7 Å². The van der Waals surface area contributed by atoms with Crippen LogP contribution < -0.4 is 10.1 Å². The van der Waals surface area contributed by atoms with Crippen LogP contribution in [-0.4, -0.2) is 24.6 Å². The molecule has 2 rings (SSSR count). The zero-order valence-electron chi connectivity index (χ0n) is 12.5. The minimum atomic E-state index is -0.798. The fourth-order valence-corrected chi connectivity index (χ4v) is 2.14. The lowest BCUT2D eigenvalue weighted by molar-refractivity contribution is -0.153. The summed E-state index contributed by atoms with van der Waals surface area (Å²) in [6.45, 7) is 1.20. The number of carbonyl (C=O) groups is 2. The predicted octanol–water partition coefficient (Wildman–Crippen LogP) is 3.40. The Hall–Kier alpha value is -2.34. The van der Waals surface area contributed by atoms with Gasteiger partial charge in [0.2, 0.25) is 0 Å². The summed E-state index contributed by atoms with van der Waals surface area (Å²) in [7, 11) is 0. The van der Waals surface area contributed by atoms with Crippen LogP contribution in [0.25, 0.3) is 0 Å². The lowest BCUT2D eigenvalue weighted by Gasteiger charge is -2.14. The molecule has 120 valence electrons. The van der Waals surface area contributed by atoms with E-state index >= 15 is 0 Å². The van der Waals surface area contributed by atoms with Gasteiger partial charge in [0.1, 0.15) is 5.75 Å². The Morgan fingerprint density at radius 2 is 1.74 bits per heavy atom. The minimum Gasteiger partial charge on any atom is -0.479 e. The van der Waals surface area contributed by atoms with Crippen LogP contribution in [0.3, 0.4) is 0 Å². The number of esters is 1. The Bertz CT molecular complexity index is 675. The van der Waals surface area contributed by atoms with Crippen molar-refractivity contribution in [2.75, 3.05) is 11.9 Å². The maximum absolute atomic E-state index is 11.8. The van der Waals surface area contributed by atoms with E-state index in [1.54, 1.807) is 49.4 Å². The molecule has 0 aromatic heterocycles. The normalized spacial score (nSPS) is 11.4. The summed E-state index contributed by atoms with van der Waals surface area (Å²) in [5.41, 5.74) is 0.613. The van der Waals surface area contributed by atoms with E-state index in [9.17, 15) is 9.59 Å². The van der Waals surface area contributed by atoms with Crippen LogP contribution >= 0.6 is 15.9 Å². The first kappa shape index (κ1) is 17.0. The van der Waals surface area contributed by atoms with Crippen molar-refractivity contribution in [1.29, 1.82) is 0 Å². The number of halogens is 1. The molecule has 2 aromatic rings. The first-order chi connectivity index (χ1) is 11.1. The van der Waals surface area contributed by atoms with E-state index in [0.717, 1.165) is 4.47 Å². The standard InChI is InChI=1S/C17H16BrNO4/c1-12(23-13-7-3-2-4-8-13)17(21)22-11-16(20)19-15-10-6-5-9-14(15)18/h2-10,12H,11H2,1H3,(H,19,20)/t12-/m0/s1. The number of ether oxygens (including phenoxy) is 2. The van der Waals surface area contributed by atoms with Crippen LogP contribution in [-0.2, 0) is 14.3 Å². The van der Waals surface area contributed by atoms with E-state index in [2.05, 4.69) is 21.2 Å². The molecule has 0 spiro atoms. The summed E-state index contributed by atoms with van der Waals surface area (Å²) in [4.78, 5) is 23.6. The van der Waals surface area contributed by atoms with Gasteiger partial charge in [-0.05, 0) is 47.1 Å². The molecule has 1 N–H and O–H groups in total. The highest BCUT2D eigenvalue weighted by Crippen LogP contribution is 2.20. The van der Waals surface area contributed by atoms with Crippen LogP contribution in [0.5, 0.6) is 5.75 Å². The molecule has 0 aliphatic heterocycles. The van der Waals surface area contributed by atoms with Crippen molar-refractivity contribution in [1.82, 2.24) is 0 Å². The fourth-order valence-electron chi connectivity index (χ4n) is 1.75. The van der Waals surface area contributed by atoms with Gasteiger partial charge in [0.25, 0.3) is 5.91 Å². The average Bonchev–Trinajstić information content (AvgIpc) is 2.55. The summed E-state index contributed by atoms with van der Waals surface area (Å²) in [5.74, 6) is -0.456. The van der Waals surface area contributed by atoms with Crippen LogP contribution in [0.2, 0.25) is 0 Å². The highest BCUT2D eigenvalue weighted by Gasteiger charge is 2.18.